The van der Waals surface area contributed by atoms with Gasteiger partial charge in [0.25, 0.3) is 5.91 Å². The van der Waals surface area contributed by atoms with Crippen LogP contribution in [0.3, 0.4) is 0 Å². The van der Waals surface area contributed by atoms with Gasteiger partial charge in [0.2, 0.25) is 0 Å². The van der Waals surface area contributed by atoms with E-state index in [0.29, 0.717) is 5.69 Å². The van der Waals surface area contributed by atoms with E-state index in [2.05, 4.69) is 65.9 Å². The Bertz CT molecular complexity index is 697. The summed E-state index contributed by atoms with van der Waals surface area (Å²) >= 11 is 4.41. The predicted molar refractivity (Wildman–Crippen MR) is 96.8 cm³/mol. The number of amides is 1. The Hall–Kier alpha value is -1.17. The number of aromatic amines is 1. The van der Waals surface area contributed by atoms with E-state index in [-0.39, 0.29) is 5.91 Å². The number of methoxy groups -OCH3 is 1. The summed E-state index contributed by atoms with van der Waals surface area (Å²) in [7, 11) is 1.60. The fraction of sp³-hybridized carbons (Fsp3) is 0.154. The number of benzene rings is 1. The molecule has 0 spiro atoms. The molecular formula is C13H12I2N4O2. The Balaban J connectivity index is 2.13. The number of hydrazone groups is 1. The number of aromatic nitrogens is 2. The van der Waals surface area contributed by atoms with Gasteiger partial charge < -0.3 is 4.74 Å². The number of nitrogens with zero attached hydrogens (tertiary/aromatic N) is 2. The van der Waals surface area contributed by atoms with Crippen molar-refractivity contribution < 1.29 is 9.53 Å². The fourth-order valence-electron chi connectivity index (χ4n) is 1.64. The van der Waals surface area contributed by atoms with Crippen LogP contribution in [0, 0.1) is 14.1 Å². The summed E-state index contributed by atoms with van der Waals surface area (Å²) in [5, 5.41) is 10.5. The summed E-state index contributed by atoms with van der Waals surface area (Å²) in [4.78, 5) is 11.8. The van der Waals surface area contributed by atoms with Crippen molar-refractivity contribution >= 4 is 57.3 Å². The number of rotatable bonds is 4. The molecule has 2 N–H and O–H groups in total. The summed E-state index contributed by atoms with van der Waals surface area (Å²) in [6.45, 7) is 1.83. The number of nitrogens with one attached hydrogen (secondary N) is 2. The maximum Gasteiger partial charge on any atom is 0.291 e. The molecule has 1 aromatic heterocycles. The van der Waals surface area contributed by atoms with E-state index >= 15 is 0 Å². The number of hydrogen-bond donors (Lipinski definition) is 2. The van der Waals surface area contributed by atoms with E-state index in [1.807, 2.05) is 19.1 Å². The molecule has 110 valence electrons. The first kappa shape index (κ1) is 16.2. The molecule has 0 radical (unpaired) electrons. The third-order valence-electron chi connectivity index (χ3n) is 2.55. The lowest BCUT2D eigenvalue weighted by Crippen LogP contribution is -2.18. The zero-order valence-corrected chi connectivity index (χ0v) is 15.6. The van der Waals surface area contributed by atoms with Crippen LogP contribution in [0.15, 0.2) is 23.3 Å². The molecule has 2 aromatic rings. The molecule has 0 saturated carbocycles. The van der Waals surface area contributed by atoms with Crippen molar-refractivity contribution in [2.45, 2.75) is 6.92 Å². The van der Waals surface area contributed by atoms with Crippen LogP contribution < -0.4 is 10.2 Å². The zero-order valence-electron chi connectivity index (χ0n) is 11.3. The van der Waals surface area contributed by atoms with Gasteiger partial charge in [0.05, 0.1) is 16.9 Å². The van der Waals surface area contributed by atoms with Crippen LogP contribution in [-0.4, -0.2) is 29.4 Å². The van der Waals surface area contributed by atoms with Gasteiger partial charge in [-0.05, 0) is 70.3 Å². The van der Waals surface area contributed by atoms with Crippen LogP contribution in [0.4, 0.5) is 0 Å². The van der Waals surface area contributed by atoms with Gasteiger partial charge in [-0.1, -0.05) is 0 Å². The first-order chi connectivity index (χ1) is 10.0. The molecule has 0 aliphatic rings. The highest BCUT2D eigenvalue weighted by Crippen LogP contribution is 2.26. The van der Waals surface area contributed by atoms with Gasteiger partial charge in [-0.25, -0.2) is 5.43 Å². The monoisotopic (exact) mass is 510 g/mol. The van der Waals surface area contributed by atoms with Crippen molar-refractivity contribution in [1.82, 2.24) is 15.6 Å². The Morgan fingerprint density at radius 3 is 2.81 bits per heavy atom. The highest BCUT2D eigenvalue weighted by molar-refractivity contribution is 14.1. The quantitative estimate of drug-likeness (QED) is 0.378. The van der Waals surface area contributed by atoms with Crippen molar-refractivity contribution in [2.24, 2.45) is 5.10 Å². The van der Waals surface area contributed by atoms with Crippen LogP contribution in [0.25, 0.3) is 0 Å². The van der Waals surface area contributed by atoms with Crippen LogP contribution in [-0.2, 0) is 0 Å². The number of H-pyrrole nitrogens is 1. The van der Waals surface area contributed by atoms with Gasteiger partial charge in [-0.3, -0.25) is 9.89 Å². The molecule has 0 atom stereocenters. The molecular weight excluding hydrogens is 498 g/mol. The number of carbonyl (C=O) groups excluding carboxylic acids is 1. The molecule has 0 unspecified atom stereocenters. The minimum Gasteiger partial charge on any atom is -0.495 e. The topological polar surface area (TPSA) is 79.4 Å². The summed E-state index contributed by atoms with van der Waals surface area (Å²) in [5.41, 5.74) is 4.35. The average Bonchev–Trinajstić information content (AvgIpc) is 2.85. The van der Waals surface area contributed by atoms with E-state index in [4.69, 9.17) is 4.74 Å². The molecule has 1 aromatic carbocycles. The number of aryl methyl sites for hydroxylation is 1. The lowest BCUT2D eigenvalue weighted by atomic mass is 10.2. The molecule has 6 nitrogen and oxygen atoms in total. The third-order valence-corrected chi connectivity index (χ3v) is 3.97. The molecule has 1 heterocycles. The largest absolute Gasteiger partial charge is 0.495 e. The number of halogens is 2. The summed E-state index contributed by atoms with van der Waals surface area (Å²) < 4.78 is 7.39. The second-order valence-electron chi connectivity index (χ2n) is 4.15. The van der Waals surface area contributed by atoms with E-state index < -0.39 is 0 Å². The van der Waals surface area contributed by atoms with Crippen molar-refractivity contribution in [1.29, 1.82) is 0 Å². The molecule has 8 heteroatoms. The standard InChI is InChI=1S/C13H12I2N4O2/c1-7-3-11(18-17-7)13(20)19-16-6-8-4-9(14)5-10(15)12(8)21-2/h3-6H,1-2H3,(H,17,18)(H,19,20)/b16-6+. The first-order valence-electron chi connectivity index (χ1n) is 5.89. The van der Waals surface area contributed by atoms with E-state index in [0.717, 1.165) is 24.1 Å². The highest BCUT2D eigenvalue weighted by atomic mass is 127. The Kier molecular flexibility index (Phi) is 5.56. The van der Waals surface area contributed by atoms with Gasteiger partial charge >= 0.3 is 0 Å². The Labute approximate surface area is 149 Å². The molecule has 1 amide bonds. The maximum absolute atomic E-state index is 11.8. The van der Waals surface area contributed by atoms with Crippen molar-refractivity contribution in [3.8, 4) is 5.75 Å². The van der Waals surface area contributed by atoms with Crippen molar-refractivity contribution in [3.05, 3.63) is 42.3 Å². The molecule has 0 saturated heterocycles. The molecule has 0 aliphatic heterocycles. The van der Waals surface area contributed by atoms with Crippen molar-refractivity contribution in [3.63, 3.8) is 0 Å². The van der Waals surface area contributed by atoms with Gasteiger partial charge in [0, 0.05) is 14.8 Å². The SMILES string of the molecule is COc1c(I)cc(I)cc1/C=N/NC(=O)c1cc(C)[nH]n1. The van der Waals surface area contributed by atoms with Crippen LogP contribution in [0.5, 0.6) is 5.75 Å². The van der Waals surface area contributed by atoms with Crippen LogP contribution in [0.1, 0.15) is 21.7 Å². The number of carbonyl (C=O) groups is 1. The number of hydrogen-bond acceptors (Lipinski definition) is 4. The fourth-order valence-corrected chi connectivity index (χ4v) is 3.75. The summed E-state index contributed by atoms with van der Waals surface area (Å²) in [5.74, 6) is 0.361. The highest BCUT2D eigenvalue weighted by Gasteiger charge is 2.09. The Morgan fingerprint density at radius 1 is 1.43 bits per heavy atom. The Morgan fingerprint density at radius 2 is 2.19 bits per heavy atom. The molecule has 2 rings (SSSR count). The second-order valence-corrected chi connectivity index (χ2v) is 6.55. The van der Waals surface area contributed by atoms with Gasteiger partial charge in [0.1, 0.15) is 5.75 Å². The normalized spacial score (nSPS) is 10.9. The molecule has 0 aliphatic carbocycles. The maximum atomic E-state index is 11.8. The lowest BCUT2D eigenvalue weighted by molar-refractivity contribution is 0.0950. The summed E-state index contributed by atoms with van der Waals surface area (Å²) in [6, 6.07) is 5.58. The average molecular weight is 510 g/mol. The minimum atomic E-state index is -0.366. The molecule has 21 heavy (non-hydrogen) atoms. The van der Waals surface area contributed by atoms with Crippen LogP contribution >= 0.6 is 45.2 Å². The summed E-state index contributed by atoms with van der Waals surface area (Å²) in [6.07, 6.45) is 1.56. The second kappa shape index (κ2) is 7.20. The van der Waals surface area contributed by atoms with E-state index in [9.17, 15) is 4.79 Å². The van der Waals surface area contributed by atoms with Crippen molar-refractivity contribution in [2.75, 3.05) is 7.11 Å². The zero-order chi connectivity index (χ0) is 15.4. The lowest BCUT2D eigenvalue weighted by Gasteiger charge is -2.07. The minimum absolute atomic E-state index is 0.300. The smallest absolute Gasteiger partial charge is 0.291 e. The molecule has 0 fully saturated rings. The molecule has 0 bridgehead atoms. The van der Waals surface area contributed by atoms with Crippen LogP contribution in [0.2, 0.25) is 0 Å². The predicted octanol–water partition coefficient (Wildman–Crippen LogP) is 2.70. The third kappa shape index (κ3) is 4.15. The van der Waals surface area contributed by atoms with E-state index in [1.165, 1.54) is 0 Å². The van der Waals surface area contributed by atoms with E-state index in [1.54, 1.807) is 19.4 Å². The van der Waals surface area contributed by atoms with Gasteiger partial charge in [-0.15, -0.1) is 0 Å². The van der Waals surface area contributed by atoms with Gasteiger partial charge in [0.15, 0.2) is 5.69 Å². The van der Waals surface area contributed by atoms with Gasteiger partial charge in [-0.2, -0.15) is 10.2 Å². The first-order valence-corrected chi connectivity index (χ1v) is 8.05. The number of ether oxygens (including phenoxy) is 1.